The monoisotopic (exact) mass is 353 g/mol. The van der Waals surface area contributed by atoms with Crippen molar-refractivity contribution in [2.45, 2.75) is 12.0 Å². The number of benzene rings is 2. The Labute approximate surface area is 131 Å². The van der Waals surface area contributed by atoms with Crippen molar-refractivity contribution in [2.24, 2.45) is 5.73 Å². The first kappa shape index (κ1) is 15.9. The fraction of sp³-hybridized carbons (Fsp3) is 0.250. The Hall–Kier alpha value is -1.43. The van der Waals surface area contributed by atoms with Crippen molar-refractivity contribution in [3.8, 4) is 5.75 Å². The molecular weight excluding hydrogens is 337 g/mol. The molecule has 0 spiro atoms. The number of nitrogens with two attached hydrogens (primary N) is 1. The van der Waals surface area contributed by atoms with Gasteiger partial charge < -0.3 is 15.6 Å². The van der Waals surface area contributed by atoms with Crippen LogP contribution in [0.2, 0.25) is 0 Å². The molecule has 0 saturated heterocycles. The van der Waals surface area contributed by atoms with Gasteiger partial charge in [-0.15, -0.1) is 0 Å². The molecule has 0 heterocycles. The molecule has 2 rings (SSSR count). The minimum atomic E-state index is -1.03. The third-order valence-electron chi connectivity index (χ3n) is 3.46. The zero-order valence-electron chi connectivity index (χ0n) is 11.6. The predicted molar refractivity (Wildman–Crippen MR) is 83.8 cm³/mol. The summed E-state index contributed by atoms with van der Waals surface area (Å²) in [4.78, 5) is 0. The molecule has 3 nitrogen and oxygen atoms in total. The predicted octanol–water partition coefficient (Wildman–Crippen LogP) is 3.37. The van der Waals surface area contributed by atoms with E-state index >= 15 is 0 Å². The van der Waals surface area contributed by atoms with Crippen LogP contribution in [0.15, 0.2) is 46.9 Å². The smallest absolute Gasteiger partial charge is 0.143 e. The molecule has 0 aliphatic heterocycles. The van der Waals surface area contributed by atoms with E-state index in [1.165, 1.54) is 0 Å². The maximum Gasteiger partial charge on any atom is 0.143 e. The number of ether oxygens (including phenoxy) is 1. The van der Waals surface area contributed by atoms with Crippen LogP contribution in [-0.2, 0) is 0 Å². The molecule has 0 amide bonds. The number of hydrogen-bond donors (Lipinski definition) is 2. The summed E-state index contributed by atoms with van der Waals surface area (Å²) >= 11 is 3.13. The highest BCUT2D eigenvalue weighted by Gasteiger charge is 2.25. The fourth-order valence-electron chi connectivity index (χ4n) is 2.29. The van der Waals surface area contributed by atoms with Gasteiger partial charge in [-0.3, -0.25) is 0 Å². The van der Waals surface area contributed by atoms with Crippen molar-refractivity contribution in [3.05, 3.63) is 63.9 Å². The van der Waals surface area contributed by atoms with E-state index in [1.807, 2.05) is 18.2 Å². The Bertz CT molecular complexity index is 621. The quantitative estimate of drug-likeness (QED) is 0.866. The summed E-state index contributed by atoms with van der Waals surface area (Å²) in [5.74, 6) is -0.205. The molecule has 0 saturated carbocycles. The fourth-order valence-corrected chi connectivity index (χ4v) is 2.67. The molecule has 0 bridgehead atoms. The van der Waals surface area contributed by atoms with Crippen molar-refractivity contribution in [1.82, 2.24) is 0 Å². The number of methoxy groups -OCH3 is 1. The average molecular weight is 354 g/mol. The summed E-state index contributed by atoms with van der Waals surface area (Å²) in [7, 11) is 1.57. The molecule has 21 heavy (non-hydrogen) atoms. The van der Waals surface area contributed by atoms with Crippen molar-refractivity contribution < 1.29 is 14.2 Å². The largest absolute Gasteiger partial charge is 0.497 e. The lowest BCUT2D eigenvalue weighted by atomic mass is 9.89. The molecule has 3 N–H and O–H groups in total. The second-order valence-electron chi connectivity index (χ2n) is 4.71. The van der Waals surface area contributed by atoms with Gasteiger partial charge in [0.15, 0.2) is 0 Å². The zero-order chi connectivity index (χ0) is 15.4. The van der Waals surface area contributed by atoms with Crippen LogP contribution in [-0.4, -0.2) is 18.8 Å². The first-order valence-corrected chi connectivity index (χ1v) is 7.33. The number of aliphatic hydroxyl groups is 1. The van der Waals surface area contributed by atoms with Gasteiger partial charge in [-0.1, -0.05) is 24.3 Å². The number of hydrogen-bond acceptors (Lipinski definition) is 3. The summed E-state index contributed by atoms with van der Waals surface area (Å²) in [6, 6.07) is 12.1. The summed E-state index contributed by atoms with van der Waals surface area (Å²) in [5.41, 5.74) is 6.82. The van der Waals surface area contributed by atoms with Crippen LogP contribution in [0.25, 0.3) is 0 Å². The van der Waals surface area contributed by atoms with E-state index in [0.29, 0.717) is 10.2 Å². The van der Waals surface area contributed by atoms with Crippen molar-refractivity contribution >= 4 is 15.9 Å². The topological polar surface area (TPSA) is 55.5 Å². The van der Waals surface area contributed by atoms with Crippen LogP contribution in [0.1, 0.15) is 23.1 Å². The van der Waals surface area contributed by atoms with Gasteiger partial charge in [0, 0.05) is 18.0 Å². The molecule has 2 atom stereocenters. The summed E-state index contributed by atoms with van der Waals surface area (Å²) in [6.07, 6.45) is -1.03. The molecule has 2 aromatic rings. The van der Waals surface area contributed by atoms with Gasteiger partial charge in [-0.25, -0.2) is 4.39 Å². The maximum absolute atomic E-state index is 14.1. The lowest BCUT2D eigenvalue weighted by molar-refractivity contribution is 0.143. The van der Waals surface area contributed by atoms with Crippen LogP contribution in [0.4, 0.5) is 4.39 Å². The van der Waals surface area contributed by atoms with E-state index in [0.717, 1.165) is 5.56 Å². The average Bonchev–Trinajstić information content (AvgIpc) is 2.51. The van der Waals surface area contributed by atoms with E-state index in [9.17, 15) is 9.50 Å². The van der Waals surface area contributed by atoms with Gasteiger partial charge in [0.05, 0.1) is 17.7 Å². The number of halogens is 2. The van der Waals surface area contributed by atoms with E-state index in [2.05, 4.69) is 15.9 Å². The molecule has 5 heteroatoms. The standard InChI is InChI=1S/C16H17BrFNO2/c1-21-11-5-2-4-10(8-11)13(9-19)16(20)12-6-3-7-14(17)15(12)18/h2-8,13,16,20H,9,19H2,1H3. The van der Waals surface area contributed by atoms with Gasteiger partial charge >= 0.3 is 0 Å². The summed E-state index contributed by atoms with van der Waals surface area (Å²) < 4.78 is 19.6. The summed E-state index contributed by atoms with van der Waals surface area (Å²) in [6.45, 7) is 0.195. The van der Waals surface area contributed by atoms with Crippen LogP contribution >= 0.6 is 15.9 Å². The highest BCUT2D eigenvalue weighted by atomic mass is 79.9. The van der Waals surface area contributed by atoms with E-state index in [1.54, 1.807) is 31.4 Å². The molecule has 2 unspecified atom stereocenters. The Kier molecular flexibility index (Phi) is 5.33. The molecule has 0 aliphatic rings. The molecule has 0 radical (unpaired) electrons. The highest BCUT2D eigenvalue weighted by molar-refractivity contribution is 9.10. The molecule has 112 valence electrons. The SMILES string of the molecule is COc1cccc(C(CN)C(O)c2cccc(Br)c2F)c1. The third kappa shape index (κ3) is 3.43. The molecule has 0 aromatic heterocycles. The molecule has 0 fully saturated rings. The van der Waals surface area contributed by atoms with Crippen LogP contribution in [0.5, 0.6) is 5.75 Å². The second-order valence-corrected chi connectivity index (χ2v) is 5.56. The minimum Gasteiger partial charge on any atom is -0.497 e. The first-order valence-electron chi connectivity index (χ1n) is 6.54. The van der Waals surface area contributed by atoms with E-state index in [-0.39, 0.29) is 12.1 Å². The van der Waals surface area contributed by atoms with E-state index < -0.39 is 17.8 Å². The van der Waals surface area contributed by atoms with E-state index in [4.69, 9.17) is 10.5 Å². The molecule has 2 aromatic carbocycles. The second kappa shape index (κ2) is 7.02. The molecule has 0 aliphatic carbocycles. The van der Waals surface area contributed by atoms with Gasteiger partial charge in [0.25, 0.3) is 0 Å². The van der Waals surface area contributed by atoms with Crippen molar-refractivity contribution in [2.75, 3.05) is 13.7 Å². The van der Waals surface area contributed by atoms with Crippen LogP contribution < -0.4 is 10.5 Å². The maximum atomic E-state index is 14.1. The van der Waals surface area contributed by atoms with Crippen LogP contribution in [0, 0.1) is 5.82 Å². The van der Waals surface area contributed by atoms with Crippen molar-refractivity contribution in [3.63, 3.8) is 0 Å². The highest BCUT2D eigenvalue weighted by Crippen LogP contribution is 2.34. The molecular formula is C16H17BrFNO2. The number of rotatable bonds is 5. The summed E-state index contributed by atoms with van der Waals surface area (Å²) in [5, 5.41) is 10.5. The normalized spacial score (nSPS) is 13.8. The minimum absolute atomic E-state index is 0.195. The van der Waals surface area contributed by atoms with Crippen molar-refractivity contribution in [1.29, 1.82) is 0 Å². The van der Waals surface area contributed by atoms with Gasteiger partial charge in [0.2, 0.25) is 0 Å². The Morgan fingerprint density at radius 2 is 2.00 bits per heavy atom. The number of aliphatic hydroxyl groups excluding tert-OH is 1. The van der Waals surface area contributed by atoms with Gasteiger partial charge in [0.1, 0.15) is 11.6 Å². The van der Waals surface area contributed by atoms with Gasteiger partial charge in [-0.05, 0) is 39.7 Å². The first-order chi connectivity index (χ1) is 10.1. The van der Waals surface area contributed by atoms with Crippen LogP contribution in [0.3, 0.4) is 0 Å². The lowest BCUT2D eigenvalue weighted by Gasteiger charge is -2.23. The Morgan fingerprint density at radius 3 is 2.67 bits per heavy atom. The Balaban J connectivity index is 2.38. The third-order valence-corrected chi connectivity index (χ3v) is 4.07. The zero-order valence-corrected chi connectivity index (χ0v) is 13.2. The lowest BCUT2D eigenvalue weighted by Crippen LogP contribution is -2.21. The van der Waals surface area contributed by atoms with Gasteiger partial charge in [-0.2, -0.15) is 0 Å². The Morgan fingerprint density at radius 1 is 1.29 bits per heavy atom.